The number of aromatic nitrogens is 3. The first-order valence-electron chi connectivity index (χ1n) is 7.69. The van der Waals surface area contributed by atoms with Gasteiger partial charge in [-0.3, -0.25) is 4.99 Å². The second-order valence-corrected chi connectivity index (χ2v) is 6.84. The number of guanidine groups is 1. The molecular weight excluding hydrogens is 312 g/mol. The molecule has 0 bridgehead atoms. The Bertz CT molecular complexity index is 641. The molecule has 0 aromatic carbocycles. The van der Waals surface area contributed by atoms with Gasteiger partial charge in [-0.25, -0.2) is 4.98 Å². The van der Waals surface area contributed by atoms with E-state index < -0.39 is 0 Å². The maximum atomic E-state index is 5.22. The van der Waals surface area contributed by atoms with Crippen molar-refractivity contribution in [1.29, 1.82) is 0 Å². The molecule has 0 fully saturated rings. The lowest BCUT2D eigenvalue weighted by Crippen LogP contribution is -2.37. The van der Waals surface area contributed by atoms with Crippen LogP contribution in [-0.4, -0.2) is 34.7 Å². The molecular formula is C15H24N6OS. The van der Waals surface area contributed by atoms with E-state index in [4.69, 9.17) is 4.52 Å². The van der Waals surface area contributed by atoms with Gasteiger partial charge in [-0.2, -0.15) is 4.98 Å². The number of thiazole rings is 1. The normalized spacial score (nSPS) is 12.0. The highest BCUT2D eigenvalue weighted by Gasteiger charge is 2.09. The van der Waals surface area contributed by atoms with Crippen LogP contribution in [0, 0.1) is 13.8 Å². The van der Waals surface area contributed by atoms with Crippen molar-refractivity contribution in [2.45, 2.75) is 46.6 Å². The summed E-state index contributed by atoms with van der Waals surface area (Å²) in [7, 11) is 1.75. The predicted octanol–water partition coefficient (Wildman–Crippen LogP) is 2.17. The lowest BCUT2D eigenvalue weighted by molar-refractivity contribution is 0.371. The van der Waals surface area contributed by atoms with E-state index in [2.05, 4.69) is 37.7 Å². The van der Waals surface area contributed by atoms with Crippen LogP contribution < -0.4 is 10.6 Å². The summed E-state index contributed by atoms with van der Waals surface area (Å²) >= 11 is 1.70. The summed E-state index contributed by atoms with van der Waals surface area (Å²) < 4.78 is 5.22. The van der Waals surface area contributed by atoms with Crippen LogP contribution in [0.4, 0.5) is 0 Å². The van der Waals surface area contributed by atoms with E-state index >= 15 is 0 Å². The minimum absolute atomic E-state index is 0.278. The molecule has 2 heterocycles. The minimum atomic E-state index is 0.278. The molecule has 23 heavy (non-hydrogen) atoms. The molecule has 8 heteroatoms. The number of aliphatic imine (C=N–C) groups is 1. The Morgan fingerprint density at radius 2 is 2.04 bits per heavy atom. The van der Waals surface area contributed by atoms with Crippen LogP contribution in [0.25, 0.3) is 0 Å². The molecule has 126 valence electrons. The van der Waals surface area contributed by atoms with Gasteiger partial charge >= 0.3 is 0 Å². The molecule has 2 rings (SSSR count). The first kappa shape index (κ1) is 17.4. The van der Waals surface area contributed by atoms with Crippen LogP contribution >= 0.6 is 11.3 Å². The van der Waals surface area contributed by atoms with Gasteiger partial charge in [-0.1, -0.05) is 19.0 Å². The molecule has 0 unspecified atom stereocenters. The predicted molar refractivity (Wildman–Crippen MR) is 91.9 cm³/mol. The molecule has 2 aromatic heterocycles. The van der Waals surface area contributed by atoms with Crippen LogP contribution in [-0.2, 0) is 13.0 Å². The maximum Gasteiger partial charge on any atom is 0.228 e. The number of rotatable bonds is 6. The van der Waals surface area contributed by atoms with Gasteiger partial charge in [0, 0.05) is 30.8 Å². The Morgan fingerprint density at radius 3 is 2.61 bits per heavy atom. The number of aryl methyl sites for hydroxylation is 2. The van der Waals surface area contributed by atoms with Gasteiger partial charge in [0.15, 0.2) is 11.8 Å². The Balaban J connectivity index is 1.76. The molecule has 0 aliphatic heterocycles. The fourth-order valence-electron chi connectivity index (χ4n) is 1.89. The topological polar surface area (TPSA) is 88.2 Å². The smallest absolute Gasteiger partial charge is 0.228 e. The molecule has 0 spiro atoms. The summed E-state index contributed by atoms with van der Waals surface area (Å²) in [6, 6.07) is 0. The molecule has 0 aliphatic carbocycles. The highest BCUT2D eigenvalue weighted by molar-refractivity contribution is 7.11. The molecule has 0 amide bonds. The summed E-state index contributed by atoms with van der Waals surface area (Å²) in [6.45, 7) is 9.53. The van der Waals surface area contributed by atoms with Crippen molar-refractivity contribution in [3.63, 3.8) is 0 Å². The van der Waals surface area contributed by atoms with Crippen LogP contribution in [0.1, 0.15) is 47.1 Å². The molecule has 0 radical (unpaired) electrons. The van der Waals surface area contributed by atoms with Crippen LogP contribution in [0.15, 0.2) is 9.52 Å². The zero-order valence-electron chi connectivity index (χ0n) is 14.3. The summed E-state index contributed by atoms with van der Waals surface area (Å²) in [5.41, 5.74) is 1.09. The Kier molecular flexibility index (Phi) is 6.09. The molecule has 0 saturated heterocycles. The van der Waals surface area contributed by atoms with Gasteiger partial charge in [0.2, 0.25) is 5.89 Å². The van der Waals surface area contributed by atoms with Crippen molar-refractivity contribution >= 4 is 17.3 Å². The summed E-state index contributed by atoms with van der Waals surface area (Å²) in [5.74, 6) is 2.40. The van der Waals surface area contributed by atoms with Crippen LogP contribution in [0.5, 0.6) is 0 Å². The van der Waals surface area contributed by atoms with Crippen molar-refractivity contribution < 1.29 is 4.52 Å². The third kappa shape index (κ3) is 5.02. The maximum absolute atomic E-state index is 5.22. The molecule has 0 saturated carbocycles. The summed E-state index contributed by atoms with van der Waals surface area (Å²) in [4.78, 5) is 14.3. The highest BCUT2D eigenvalue weighted by atomic mass is 32.1. The Morgan fingerprint density at radius 1 is 1.26 bits per heavy atom. The monoisotopic (exact) mass is 336 g/mol. The third-order valence-electron chi connectivity index (χ3n) is 3.33. The second-order valence-electron chi connectivity index (χ2n) is 5.55. The zero-order valence-corrected chi connectivity index (χ0v) is 15.1. The Labute approximate surface area is 140 Å². The van der Waals surface area contributed by atoms with E-state index in [0.717, 1.165) is 22.5 Å². The van der Waals surface area contributed by atoms with E-state index in [1.807, 2.05) is 20.8 Å². The second kappa shape index (κ2) is 8.05. The zero-order chi connectivity index (χ0) is 16.8. The lowest BCUT2D eigenvalue weighted by Gasteiger charge is -2.09. The third-order valence-corrected chi connectivity index (χ3v) is 4.41. The molecule has 0 aliphatic rings. The number of nitrogens with zero attached hydrogens (tertiary/aromatic N) is 4. The molecule has 2 N–H and O–H groups in total. The fourth-order valence-corrected chi connectivity index (χ4v) is 2.76. The average molecular weight is 336 g/mol. The van der Waals surface area contributed by atoms with E-state index in [9.17, 15) is 0 Å². The van der Waals surface area contributed by atoms with Gasteiger partial charge in [0.25, 0.3) is 0 Å². The highest BCUT2D eigenvalue weighted by Crippen LogP contribution is 2.15. The number of hydrogen-bond donors (Lipinski definition) is 2. The lowest BCUT2D eigenvalue weighted by atomic mass is 10.2. The fraction of sp³-hybridized carbons (Fsp3) is 0.600. The van der Waals surface area contributed by atoms with E-state index in [-0.39, 0.29) is 5.92 Å². The van der Waals surface area contributed by atoms with E-state index in [0.29, 0.717) is 25.4 Å². The number of nitrogens with one attached hydrogen (secondary N) is 2. The van der Waals surface area contributed by atoms with Crippen LogP contribution in [0.3, 0.4) is 0 Å². The van der Waals surface area contributed by atoms with E-state index in [1.165, 1.54) is 4.88 Å². The van der Waals surface area contributed by atoms with Gasteiger partial charge in [-0.05, 0) is 13.8 Å². The Hall–Kier alpha value is -1.96. The SMILES string of the molecule is CN=C(NCCc1nc(C(C)C)no1)NCc1nc(C)c(C)s1. The van der Waals surface area contributed by atoms with E-state index in [1.54, 1.807) is 18.4 Å². The molecule has 7 nitrogen and oxygen atoms in total. The minimum Gasteiger partial charge on any atom is -0.356 e. The van der Waals surface area contributed by atoms with Gasteiger partial charge in [-0.15, -0.1) is 11.3 Å². The van der Waals surface area contributed by atoms with Gasteiger partial charge in [0.1, 0.15) is 5.01 Å². The van der Waals surface area contributed by atoms with Crippen molar-refractivity contribution in [3.8, 4) is 0 Å². The van der Waals surface area contributed by atoms with Gasteiger partial charge in [0.05, 0.1) is 12.2 Å². The number of hydrogen-bond acceptors (Lipinski definition) is 6. The van der Waals surface area contributed by atoms with Crippen LogP contribution in [0.2, 0.25) is 0 Å². The molecule has 0 atom stereocenters. The van der Waals surface area contributed by atoms with Gasteiger partial charge < -0.3 is 15.2 Å². The first-order chi connectivity index (χ1) is 11.0. The largest absolute Gasteiger partial charge is 0.356 e. The standard InChI is InChI=1S/C15H24N6OS/c1-9(2)14-20-12(22-21-14)6-7-17-15(16-5)18-8-13-19-10(3)11(4)23-13/h9H,6-8H2,1-5H3,(H2,16,17,18). The van der Waals surface area contributed by atoms with Crippen molar-refractivity contribution in [1.82, 2.24) is 25.8 Å². The van der Waals surface area contributed by atoms with Crippen molar-refractivity contribution in [3.05, 3.63) is 27.3 Å². The average Bonchev–Trinajstić information content (AvgIpc) is 3.10. The summed E-state index contributed by atoms with van der Waals surface area (Å²) in [5, 5.41) is 11.5. The first-order valence-corrected chi connectivity index (χ1v) is 8.51. The van der Waals surface area contributed by atoms with Crippen molar-refractivity contribution in [2.24, 2.45) is 4.99 Å². The quantitative estimate of drug-likeness (QED) is 0.621. The molecule has 2 aromatic rings. The van der Waals surface area contributed by atoms with Crippen molar-refractivity contribution in [2.75, 3.05) is 13.6 Å². The summed E-state index contributed by atoms with van der Waals surface area (Å²) in [6.07, 6.45) is 0.663.